The van der Waals surface area contributed by atoms with Crippen molar-refractivity contribution >= 4 is 17.4 Å². The molecule has 0 saturated heterocycles. The number of rotatable bonds is 4. The standard InChI is InChI=1S/C12H11ClF2O/c1-8(16)7-10(11(13)12(14)15)9-5-3-2-4-6-9/h2-6,10H,7H2,1H3. The highest BCUT2D eigenvalue weighted by Crippen LogP contribution is 2.33. The number of carbonyl (C=O) groups is 1. The molecule has 0 radical (unpaired) electrons. The summed E-state index contributed by atoms with van der Waals surface area (Å²) >= 11 is 5.54. The van der Waals surface area contributed by atoms with Crippen molar-refractivity contribution in [1.82, 2.24) is 0 Å². The molecule has 4 heteroatoms. The van der Waals surface area contributed by atoms with Gasteiger partial charge in [0.25, 0.3) is 6.08 Å². The van der Waals surface area contributed by atoms with Crippen molar-refractivity contribution in [2.45, 2.75) is 19.3 Å². The third kappa shape index (κ3) is 3.42. The molecular weight excluding hydrogens is 234 g/mol. The molecule has 0 spiro atoms. The average molecular weight is 245 g/mol. The van der Waals surface area contributed by atoms with E-state index in [1.54, 1.807) is 30.3 Å². The molecule has 0 heterocycles. The largest absolute Gasteiger partial charge is 0.300 e. The van der Waals surface area contributed by atoms with E-state index in [2.05, 4.69) is 0 Å². The minimum Gasteiger partial charge on any atom is -0.300 e. The third-order valence-electron chi connectivity index (χ3n) is 2.18. The lowest BCUT2D eigenvalue weighted by atomic mass is 9.94. The number of allylic oxidation sites excluding steroid dienone is 1. The first-order chi connectivity index (χ1) is 7.52. The number of Topliss-reactive ketones (excluding diaryl/α,β-unsaturated/α-hetero) is 1. The monoisotopic (exact) mass is 244 g/mol. The van der Waals surface area contributed by atoms with Crippen LogP contribution >= 0.6 is 11.6 Å². The lowest BCUT2D eigenvalue weighted by molar-refractivity contribution is -0.117. The zero-order chi connectivity index (χ0) is 12.1. The van der Waals surface area contributed by atoms with E-state index in [0.717, 1.165) is 0 Å². The highest BCUT2D eigenvalue weighted by atomic mass is 35.5. The van der Waals surface area contributed by atoms with E-state index in [9.17, 15) is 13.6 Å². The van der Waals surface area contributed by atoms with Crippen LogP contribution in [0.25, 0.3) is 0 Å². The van der Waals surface area contributed by atoms with E-state index in [0.29, 0.717) is 5.56 Å². The fourth-order valence-corrected chi connectivity index (χ4v) is 1.66. The van der Waals surface area contributed by atoms with Crippen LogP contribution < -0.4 is 0 Å². The lowest BCUT2D eigenvalue weighted by Gasteiger charge is -2.14. The Balaban J connectivity index is 3.07. The first-order valence-corrected chi connectivity index (χ1v) is 5.15. The molecular formula is C12H11ClF2O. The smallest absolute Gasteiger partial charge is 0.285 e. The van der Waals surface area contributed by atoms with Gasteiger partial charge in [-0.1, -0.05) is 41.9 Å². The number of hydrogen-bond donors (Lipinski definition) is 0. The molecule has 0 amide bonds. The second-order valence-corrected chi connectivity index (χ2v) is 3.88. The zero-order valence-electron chi connectivity index (χ0n) is 8.71. The van der Waals surface area contributed by atoms with E-state index in [-0.39, 0.29) is 12.2 Å². The number of carbonyl (C=O) groups excluding carboxylic acids is 1. The number of benzene rings is 1. The first kappa shape index (κ1) is 12.8. The summed E-state index contributed by atoms with van der Waals surface area (Å²) in [5.41, 5.74) is 0.621. The minimum absolute atomic E-state index is 0.0137. The van der Waals surface area contributed by atoms with Gasteiger partial charge in [-0.05, 0) is 12.5 Å². The van der Waals surface area contributed by atoms with E-state index < -0.39 is 17.0 Å². The molecule has 1 nitrogen and oxygen atoms in total. The van der Waals surface area contributed by atoms with E-state index in [1.165, 1.54) is 6.92 Å². The number of hydrogen-bond acceptors (Lipinski definition) is 1. The summed E-state index contributed by atoms with van der Waals surface area (Å²) in [7, 11) is 0. The summed E-state index contributed by atoms with van der Waals surface area (Å²) in [5, 5.41) is -0.554. The molecule has 0 bridgehead atoms. The first-order valence-electron chi connectivity index (χ1n) is 4.77. The predicted molar refractivity (Wildman–Crippen MR) is 59.6 cm³/mol. The van der Waals surface area contributed by atoms with E-state index >= 15 is 0 Å². The summed E-state index contributed by atoms with van der Waals surface area (Å²) in [6, 6.07) is 8.58. The van der Waals surface area contributed by atoms with Gasteiger partial charge in [0.1, 0.15) is 5.78 Å². The van der Waals surface area contributed by atoms with Crippen LogP contribution in [0.1, 0.15) is 24.8 Å². The van der Waals surface area contributed by atoms with Crippen molar-refractivity contribution in [2.75, 3.05) is 0 Å². The Morgan fingerprint density at radius 1 is 1.31 bits per heavy atom. The van der Waals surface area contributed by atoms with E-state index in [1.807, 2.05) is 0 Å². The van der Waals surface area contributed by atoms with Crippen molar-refractivity contribution in [2.24, 2.45) is 0 Å². The Hall–Kier alpha value is -1.22. The van der Waals surface area contributed by atoms with Crippen LogP contribution in [-0.2, 0) is 4.79 Å². The van der Waals surface area contributed by atoms with Gasteiger partial charge in [0.15, 0.2) is 0 Å². The summed E-state index contributed by atoms with van der Waals surface area (Å²) < 4.78 is 24.9. The third-order valence-corrected chi connectivity index (χ3v) is 2.59. The summed E-state index contributed by atoms with van der Waals surface area (Å²) in [4.78, 5) is 11.0. The molecule has 0 saturated carbocycles. The van der Waals surface area contributed by atoms with Crippen LogP contribution in [0.15, 0.2) is 41.4 Å². The Labute approximate surface area is 97.7 Å². The highest BCUT2D eigenvalue weighted by molar-refractivity contribution is 6.30. The molecule has 86 valence electrons. The molecule has 1 aromatic carbocycles. The Morgan fingerprint density at radius 2 is 1.88 bits per heavy atom. The van der Waals surface area contributed by atoms with Gasteiger partial charge in [0.2, 0.25) is 0 Å². The molecule has 16 heavy (non-hydrogen) atoms. The fraction of sp³-hybridized carbons (Fsp3) is 0.250. The molecule has 0 N–H and O–H groups in total. The molecule has 1 unspecified atom stereocenters. The molecule has 1 rings (SSSR count). The maximum Gasteiger partial charge on any atom is 0.285 e. The van der Waals surface area contributed by atoms with Crippen molar-refractivity contribution in [1.29, 1.82) is 0 Å². The van der Waals surface area contributed by atoms with Gasteiger partial charge in [-0.15, -0.1) is 0 Å². The van der Waals surface area contributed by atoms with Crippen molar-refractivity contribution in [3.05, 3.63) is 47.0 Å². The van der Waals surface area contributed by atoms with Crippen LogP contribution in [0.4, 0.5) is 8.78 Å². The van der Waals surface area contributed by atoms with Gasteiger partial charge in [0, 0.05) is 12.3 Å². The summed E-state index contributed by atoms with van der Waals surface area (Å²) in [6.07, 6.45) is -1.95. The van der Waals surface area contributed by atoms with Crippen LogP contribution in [0.5, 0.6) is 0 Å². The van der Waals surface area contributed by atoms with Crippen molar-refractivity contribution in [3.63, 3.8) is 0 Å². The summed E-state index contributed by atoms with van der Waals surface area (Å²) in [6.45, 7) is 1.36. The van der Waals surface area contributed by atoms with Crippen molar-refractivity contribution < 1.29 is 13.6 Å². The Kier molecular flexibility index (Phi) is 4.62. The zero-order valence-corrected chi connectivity index (χ0v) is 9.47. The second-order valence-electron chi connectivity index (χ2n) is 3.48. The molecule has 0 aromatic heterocycles. The van der Waals surface area contributed by atoms with Gasteiger partial charge < -0.3 is 0 Å². The SMILES string of the molecule is CC(=O)CC(C(Cl)=C(F)F)c1ccccc1. The molecule has 0 fully saturated rings. The van der Waals surface area contributed by atoms with Gasteiger partial charge in [-0.3, -0.25) is 4.79 Å². The Morgan fingerprint density at radius 3 is 2.31 bits per heavy atom. The molecule has 1 aromatic rings. The normalized spacial score (nSPS) is 12.0. The molecule has 0 aliphatic heterocycles. The quantitative estimate of drug-likeness (QED) is 0.779. The topological polar surface area (TPSA) is 17.1 Å². The maximum atomic E-state index is 12.5. The lowest BCUT2D eigenvalue weighted by Crippen LogP contribution is -2.05. The number of halogens is 3. The number of ketones is 1. The maximum absolute atomic E-state index is 12.5. The van der Waals surface area contributed by atoms with E-state index in [4.69, 9.17) is 11.6 Å². The fourth-order valence-electron chi connectivity index (χ4n) is 1.46. The van der Waals surface area contributed by atoms with Gasteiger partial charge in [0.05, 0.1) is 5.03 Å². The van der Waals surface area contributed by atoms with Gasteiger partial charge in [-0.25, -0.2) is 0 Å². The van der Waals surface area contributed by atoms with Gasteiger partial charge in [-0.2, -0.15) is 8.78 Å². The van der Waals surface area contributed by atoms with Gasteiger partial charge >= 0.3 is 0 Å². The van der Waals surface area contributed by atoms with Crippen LogP contribution in [0, 0.1) is 0 Å². The van der Waals surface area contributed by atoms with Crippen LogP contribution in [0.2, 0.25) is 0 Å². The molecule has 1 atom stereocenters. The predicted octanol–water partition coefficient (Wildman–Crippen LogP) is 4.10. The second kappa shape index (κ2) is 5.75. The molecule has 0 aliphatic carbocycles. The summed E-state index contributed by atoms with van der Waals surface area (Å²) in [5.74, 6) is -0.918. The Bertz CT molecular complexity index is 397. The van der Waals surface area contributed by atoms with Crippen molar-refractivity contribution in [3.8, 4) is 0 Å². The molecule has 0 aliphatic rings. The van der Waals surface area contributed by atoms with Crippen LogP contribution in [0.3, 0.4) is 0 Å². The minimum atomic E-state index is -1.93. The highest BCUT2D eigenvalue weighted by Gasteiger charge is 2.21. The average Bonchev–Trinajstić information content (AvgIpc) is 2.26. The van der Waals surface area contributed by atoms with Crippen LogP contribution in [-0.4, -0.2) is 5.78 Å².